The molecule has 7 heteroatoms. The van der Waals surface area contributed by atoms with Crippen LogP contribution in [0, 0.1) is 0 Å². The van der Waals surface area contributed by atoms with E-state index in [0.717, 1.165) is 0 Å². The summed E-state index contributed by atoms with van der Waals surface area (Å²) < 4.78 is 24.3. The van der Waals surface area contributed by atoms with Crippen LogP contribution in [0.15, 0.2) is 5.16 Å². The van der Waals surface area contributed by atoms with E-state index in [0.29, 0.717) is 0 Å². The van der Waals surface area contributed by atoms with Crippen LogP contribution in [0.1, 0.15) is 13.3 Å². The highest BCUT2D eigenvalue weighted by Crippen LogP contribution is 2.07. The predicted octanol–water partition coefficient (Wildman–Crippen LogP) is 0.0708. The van der Waals surface area contributed by atoms with Gasteiger partial charge in [0.05, 0.1) is 13.2 Å². The van der Waals surface area contributed by atoms with Gasteiger partial charge in [-0.3, -0.25) is 4.90 Å². The minimum absolute atomic E-state index is 0.0142. The number of hydrogen-bond donors (Lipinski definition) is 3. The molecular weight excluding hydrogens is 208 g/mol. The summed E-state index contributed by atoms with van der Waals surface area (Å²) in [5.41, 5.74) is 5.26. The summed E-state index contributed by atoms with van der Waals surface area (Å²) in [4.78, 5) is 1.39. The summed E-state index contributed by atoms with van der Waals surface area (Å²) in [5.74, 6) is -0.0142. The van der Waals surface area contributed by atoms with Crippen LogP contribution in [0.5, 0.6) is 0 Å². The molecule has 15 heavy (non-hydrogen) atoms. The number of rotatable bonds is 7. The number of aliphatic hydroxyl groups is 1. The first kappa shape index (κ1) is 14.1. The molecule has 0 radical (unpaired) electrons. The number of nitrogens with two attached hydrogens (primary N) is 1. The minimum Gasteiger partial charge on any atom is -0.409 e. The number of aliphatic hydroxyl groups excluding tert-OH is 1. The fourth-order valence-electron chi connectivity index (χ4n) is 1.27. The fraction of sp³-hybridized carbons (Fsp3) is 0.875. The van der Waals surface area contributed by atoms with Gasteiger partial charge in [0, 0.05) is 19.0 Å². The fourth-order valence-corrected chi connectivity index (χ4v) is 1.27. The summed E-state index contributed by atoms with van der Waals surface area (Å²) in [5, 5.41) is 19.8. The molecule has 0 spiro atoms. The Labute approximate surface area is 87.2 Å². The third kappa shape index (κ3) is 6.19. The van der Waals surface area contributed by atoms with Crippen LogP contribution in [0.25, 0.3) is 0 Å². The smallest absolute Gasteiger partial charge is 0.251 e. The molecule has 4 N–H and O–H groups in total. The number of halogens is 2. The van der Waals surface area contributed by atoms with Crippen molar-refractivity contribution in [3.05, 3.63) is 0 Å². The van der Waals surface area contributed by atoms with Gasteiger partial charge in [-0.1, -0.05) is 5.16 Å². The third-order valence-electron chi connectivity index (χ3n) is 2.02. The van der Waals surface area contributed by atoms with E-state index in [4.69, 9.17) is 16.0 Å². The zero-order valence-electron chi connectivity index (χ0n) is 8.61. The maximum atomic E-state index is 12.2. The monoisotopic (exact) mass is 225 g/mol. The maximum Gasteiger partial charge on any atom is 0.251 e. The van der Waals surface area contributed by atoms with E-state index in [1.165, 1.54) is 4.90 Å². The van der Waals surface area contributed by atoms with Crippen molar-refractivity contribution >= 4 is 5.84 Å². The van der Waals surface area contributed by atoms with E-state index < -0.39 is 13.0 Å². The van der Waals surface area contributed by atoms with Crippen molar-refractivity contribution in [3.8, 4) is 0 Å². The standard InChI is InChI=1S/C8H17F2N3O2/c1-6(4-8(11)12-15)13(2-3-14)5-7(9)10/h6-7,14-15H,2-5H2,1H3,(H2,11,12). The van der Waals surface area contributed by atoms with Crippen molar-refractivity contribution in [3.63, 3.8) is 0 Å². The minimum atomic E-state index is -2.47. The van der Waals surface area contributed by atoms with Gasteiger partial charge in [-0.05, 0) is 6.92 Å². The van der Waals surface area contributed by atoms with Gasteiger partial charge in [-0.2, -0.15) is 0 Å². The number of hydrogen-bond acceptors (Lipinski definition) is 4. The second-order valence-electron chi connectivity index (χ2n) is 3.25. The highest BCUT2D eigenvalue weighted by atomic mass is 19.3. The lowest BCUT2D eigenvalue weighted by atomic mass is 10.2. The maximum absolute atomic E-state index is 12.2. The summed E-state index contributed by atoms with van der Waals surface area (Å²) in [6, 6.07) is -0.304. The summed E-state index contributed by atoms with van der Waals surface area (Å²) in [7, 11) is 0. The lowest BCUT2D eigenvalue weighted by Gasteiger charge is -2.27. The van der Waals surface area contributed by atoms with Crippen LogP contribution in [0.4, 0.5) is 8.78 Å². The third-order valence-corrected chi connectivity index (χ3v) is 2.02. The van der Waals surface area contributed by atoms with Crippen LogP contribution in [0.3, 0.4) is 0 Å². The van der Waals surface area contributed by atoms with Crippen molar-refractivity contribution < 1.29 is 19.1 Å². The Hall–Kier alpha value is -0.950. The van der Waals surface area contributed by atoms with E-state index in [2.05, 4.69) is 5.16 Å². The first-order valence-electron chi connectivity index (χ1n) is 4.60. The van der Waals surface area contributed by atoms with Gasteiger partial charge in [0.25, 0.3) is 6.43 Å². The van der Waals surface area contributed by atoms with E-state index in [1.807, 2.05) is 0 Å². The van der Waals surface area contributed by atoms with Gasteiger partial charge in [-0.15, -0.1) is 0 Å². The van der Waals surface area contributed by atoms with Crippen molar-refractivity contribution in [2.24, 2.45) is 10.9 Å². The Kier molecular flexibility index (Phi) is 6.89. The van der Waals surface area contributed by atoms with Gasteiger partial charge in [0.2, 0.25) is 0 Å². The van der Waals surface area contributed by atoms with Gasteiger partial charge in [0.15, 0.2) is 0 Å². The van der Waals surface area contributed by atoms with Gasteiger partial charge >= 0.3 is 0 Å². The highest BCUT2D eigenvalue weighted by Gasteiger charge is 2.18. The van der Waals surface area contributed by atoms with Gasteiger partial charge < -0.3 is 16.0 Å². The molecule has 1 atom stereocenters. The van der Waals surface area contributed by atoms with Crippen LogP contribution < -0.4 is 5.73 Å². The van der Waals surface area contributed by atoms with Crippen LogP contribution in [0.2, 0.25) is 0 Å². The van der Waals surface area contributed by atoms with Crippen LogP contribution in [-0.4, -0.2) is 53.2 Å². The molecule has 0 saturated heterocycles. The molecule has 0 saturated carbocycles. The van der Waals surface area contributed by atoms with Crippen molar-refractivity contribution in [1.29, 1.82) is 0 Å². The van der Waals surface area contributed by atoms with Crippen molar-refractivity contribution in [2.75, 3.05) is 19.7 Å². The SMILES string of the molecule is CC(CC(N)=NO)N(CCO)CC(F)F. The molecule has 0 aromatic heterocycles. The highest BCUT2D eigenvalue weighted by molar-refractivity contribution is 5.80. The topological polar surface area (TPSA) is 82.1 Å². The molecule has 0 aromatic carbocycles. The molecule has 0 rings (SSSR count). The van der Waals surface area contributed by atoms with Crippen LogP contribution in [-0.2, 0) is 0 Å². The molecular formula is C8H17F2N3O2. The molecule has 1 unspecified atom stereocenters. The lowest BCUT2D eigenvalue weighted by Crippen LogP contribution is -2.41. The summed E-state index contributed by atoms with van der Waals surface area (Å²) >= 11 is 0. The molecule has 0 aliphatic rings. The Morgan fingerprint density at radius 2 is 2.13 bits per heavy atom. The Balaban J connectivity index is 4.21. The zero-order chi connectivity index (χ0) is 11.8. The average Bonchev–Trinajstić information content (AvgIpc) is 2.16. The molecule has 0 aromatic rings. The molecule has 0 fully saturated rings. The molecule has 90 valence electrons. The van der Waals surface area contributed by atoms with Crippen molar-refractivity contribution in [1.82, 2.24) is 4.90 Å². The zero-order valence-corrected chi connectivity index (χ0v) is 8.61. The van der Waals surface area contributed by atoms with Crippen molar-refractivity contribution in [2.45, 2.75) is 25.8 Å². The molecule has 0 aliphatic heterocycles. The largest absolute Gasteiger partial charge is 0.409 e. The molecule has 0 aliphatic carbocycles. The number of alkyl halides is 2. The van der Waals surface area contributed by atoms with Gasteiger partial charge in [-0.25, -0.2) is 8.78 Å². The number of oxime groups is 1. The van der Waals surface area contributed by atoms with E-state index in [9.17, 15) is 8.78 Å². The number of nitrogens with zero attached hydrogens (tertiary/aromatic N) is 2. The first-order chi connectivity index (χ1) is 7.01. The van der Waals surface area contributed by atoms with E-state index >= 15 is 0 Å². The van der Waals surface area contributed by atoms with Gasteiger partial charge in [0.1, 0.15) is 5.84 Å². The summed E-state index contributed by atoms with van der Waals surface area (Å²) in [6.45, 7) is 1.19. The van der Waals surface area contributed by atoms with E-state index in [1.54, 1.807) is 6.92 Å². The predicted molar refractivity (Wildman–Crippen MR) is 52.2 cm³/mol. The Bertz CT molecular complexity index is 202. The second kappa shape index (κ2) is 7.36. The quantitative estimate of drug-likeness (QED) is 0.248. The normalized spacial score (nSPS) is 14.9. The van der Waals surface area contributed by atoms with Crippen LogP contribution >= 0.6 is 0 Å². The number of amidine groups is 1. The second-order valence-corrected chi connectivity index (χ2v) is 3.25. The Morgan fingerprint density at radius 3 is 2.53 bits per heavy atom. The lowest BCUT2D eigenvalue weighted by molar-refractivity contribution is 0.0601. The Morgan fingerprint density at radius 1 is 1.53 bits per heavy atom. The van der Waals surface area contributed by atoms with E-state index in [-0.39, 0.29) is 31.4 Å². The first-order valence-corrected chi connectivity index (χ1v) is 4.60. The summed E-state index contributed by atoms with van der Waals surface area (Å²) in [6.07, 6.45) is -2.28. The average molecular weight is 225 g/mol. The molecule has 5 nitrogen and oxygen atoms in total. The molecule has 0 amide bonds. The molecule has 0 heterocycles. The molecule has 0 bridgehead atoms.